The van der Waals surface area contributed by atoms with E-state index in [1.807, 2.05) is 30.3 Å². The van der Waals surface area contributed by atoms with Gasteiger partial charge in [0, 0.05) is 5.56 Å². The summed E-state index contributed by atoms with van der Waals surface area (Å²) in [5.74, 6) is -2.72. The van der Waals surface area contributed by atoms with Crippen molar-refractivity contribution in [3.05, 3.63) is 94.5 Å². The summed E-state index contributed by atoms with van der Waals surface area (Å²) in [5.41, 5.74) is 1.18. The van der Waals surface area contributed by atoms with E-state index in [4.69, 9.17) is 0 Å². The van der Waals surface area contributed by atoms with Crippen molar-refractivity contribution in [3.63, 3.8) is 0 Å². The number of fused-ring (bicyclic) bond motifs is 1. The number of hydrogen-bond acceptors (Lipinski definition) is 6. The predicted molar refractivity (Wildman–Crippen MR) is 114 cm³/mol. The molecule has 0 aromatic heterocycles. The highest BCUT2D eigenvalue weighted by molar-refractivity contribution is 6.22. The van der Waals surface area contributed by atoms with Gasteiger partial charge in [0.25, 0.3) is 17.7 Å². The zero-order valence-electron chi connectivity index (χ0n) is 17.0. The number of imide groups is 1. The lowest BCUT2D eigenvalue weighted by Crippen LogP contribution is -2.29. The Morgan fingerprint density at radius 2 is 1.66 bits per heavy atom. The lowest BCUT2D eigenvalue weighted by molar-refractivity contribution is 0.0594. The molecule has 1 heterocycles. The number of nitrogens with zero attached hydrogens (tertiary/aromatic N) is 1. The van der Waals surface area contributed by atoms with E-state index in [-0.39, 0.29) is 34.5 Å². The molecule has 1 aliphatic rings. The quantitative estimate of drug-likeness (QED) is 0.365. The number of methoxy groups -OCH3 is 1. The van der Waals surface area contributed by atoms with Crippen LogP contribution in [0.4, 0.5) is 5.69 Å². The molecule has 2 N–H and O–H groups in total. The number of rotatable bonds is 5. The van der Waals surface area contributed by atoms with Crippen LogP contribution >= 0.6 is 0 Å². The topological polar surface area (TPSA) is 113 Å². The second kappa shape index (κ2) is 8.35. The molecule has 0 fully saturated rings. The minimum Gasteiger partial charge on any atom is -0.505 e. The molecule has 0 aliphatic carbocycles. The summed E-state index contributed by atoms with van der Waals surface area (Å²) in [6, 6.07) is 17.6. The highest BCUT2D eigenvalue weighted by Crippen LogP contribution is 2.30. The maximum atomic E-state index is 12.8. The number of esters is 1. The number of amides is 3. The third kappa shape index (κ3) is 3.69. The van der Waals surface area contributed by atoms with Crippen LogP contribution in [0.1, 0.15) is 47.0 Å². The number of hydrogen-bond donors (Lipinski definition) is 2. The zero-order valence-corrected chi connectivity index (χ0v) is 17.0. The van der Waals surface area contributed by atoms with Gasteiger partial charge in [0.15, 0.2) is 5.75 Å². The Morgan fingerprint density at radius 3 is 2.38 bits per heavy atom. The van der Waals surface area contributed by atoms with Crippen molar-refractivity contribution in [1.82, 2.24) is 4.90 Å². The standard InChI is InChI=1S/C24H18N2O6/c1-32-24(31)17-8-5-9-19(20(17)27)25-21(28)15-10-11-16-18(12-15)23(30)26(22(16)29)13-14-6-3-2-4-7-14/h2-12,27H,13H2,1H3,(H,25,28). The number of phenolic OH excluding ortho intramolecular Hbond substituents is 1. The van der Waals surface area contributed by atoms with Crippen LogP contribution in [0.25, 0.3) is 0 Å². The van der Waals surface area contributed by atoms with Crippen LogP contribution in [0.15, 0.2) is 66.7 Å². The third-order valence-electron chi connectivity index (χ3n) is 5.11. The van der Waals surface area contributed by atoms with Crippen molar-refractivity contribution in [2.75, 3.05) is 12.4 Å². The highest BCUT2D eigenvalue weighted by Gasteiger charge is 2.36. The molecule has 0 atom stereocenters. The molecule has 8 nitrogen and oxygen atoms in total. The summed E-state index contributed by atoms with van der Waals surface area (Å²) in [6.45, 7) is 0.128. The number of phenols is 1. The van der Waals surface area contributed by atoms with E-state index >= 15 is 0 Å². The highest BCUT2D eigenvalue weighted by atomic mass is 16.5. The van der Waals surface area contributed by atoms with Crippen LogP contribution in [-0.2, 0) is 11.3 Å². The molecule has 160 valence electrons. The average molecular weight is 430 g/mol. The number of carbonyl (C=O) groups is 4. The number of nitrogens with one attached hydrogen (secondary N) is 1. The summed E-state index contributed by atoms with van der Waals surface area (Å²) >= 11 is 0. The van der Waals surface area contributed by atoms with Crippen molar-refractivity contribution in [1.29, 1.82) is 0 Å². The van der Waals surface area contributed by atoms with Crippen LogP contribution in [0.5, 0.6) is 5.75 Å². The Morgan fingerprint density at radius 1 is 0.938 bits per heavy atom. The van der Waals surface area contributed by atoms with E-state index in [9.17, 15) is 24.3 Å². The fraction of sp³-hybridized carbons (Fsp3) is 0.0833. The van der Waals surface area contributed by atoms with E-state index in [1.54, 1.807) is 0 Å². The molecular weight excluding hydrogens is 412 g/mol. The molecule has 0 spiro atoms. The lowest BCUT2D eigenvalue weighted by atomic mass is 10.0. The van der Waals surface area contributed by atoms with E-state index in [1.165, 1.54) is 43.5 Å². The molecule has 8 heteroatoms. The minimum atomic E-state index is -0.751. The largest absolute Gasteiger partial charge is 0.505 e. The van der Waals surface area contributed by atoms with Crippen molar-refractivity contribution in [3.8, 4) is 5.75 Å². The molecule has 0 bridgehead atoms. The number of benzene rings is 3. The van der Waals surface area contributed by atoms with E-state index in [0.29, 0.717) is 0 Å². The van der Waals surface area contributed by atoms with Gasteiger partial charge < -0.3 is 15.2 Å². The molecule has 1 aliphatic heterocycles. The smallest absolute Gasteiger partial charge is 0.341 e. The first kappa shape index (κ1) is 20.8. The van der Waals surface area contributed by atoms with Crippen molar-refractivity contribution >= 4 is 29.4 Å². The molecule has 0 unspecified atom stereocenters. The van der Waals surface area contributed by atoms with Gasteiger partial charge >= 0.3 is 5.97 Å². The first-order chi connectivity index (χ1) is 15.4. The Labute approximate surface area is 183 Å². The minimum absolute atomic E-state index is 0.00602. The third-order valence-corrected chi connectivity index (χ3v) is 5.11. The van der Waals surface area contributed by atoms with Gasteiger partial charge in [0.1, 0.15) is 5.56 Å². The van der Waals surface area contributed by atoms with Gasteiger partial charge in [-0.05, 0) is 35.9 Å². The molecule has 4 rings (SSSR count). The van der Waals surface area contributed by atoms with E-state index in [2.05, 4.69) is 10.1 Å². The first-order valence-electron chi connectivity index (χ1n) is 9.66. The van der Waals surface area contributed by atoms with Gasteiger partial charge in [-0.3, -0.25) is 19.3 Å². The van der Waals surface area contributed by atoms with Crippen LogP contribution < -0.4 is 5.32 Å². The van der Waals surface area contributed by atoms with Crippen LogP contribution in [0.2, 0.25) is 0 Å². The average Bonchev–Trinajstić information content (AvgIpc) is 3.05. The molecule has 32 heavy (non-hydrogen) atoms. The summed E-state index contributed by atoms with van der Waals surface area (Å²) in [7, 11) is 1.18. The van der Waals surface area contributed by atoms with Crippen LogP contribution in [0.3, 0.4) is 0 Å². The number of ether oxygens (including phenoxy) is 1. The van der Waals surface area contributed by atoms with Crippen LogP contribution in [0, 0.1) is 0 Å². The number of aromatic hydroxyl groups is 1. The molecule has 3 aromatic carbocycles. The molecule has 0 saturated heterocycles. The monoisotopic (exact) mass is 430 g/mol. The van der Waals surface area contributed by atoms with Gasteiger partial charge in [-0.2, -0.15) is 0 Å². The summed E-state index contributed by atoms with van der Waals surface area (Å²) in [4.78, 5) is 51.1. The Hall–Kier alpha value is -4.46. The second-order valence-electron chi connectivity index (χ2n) is 7.09. The fourth-order valence-electron chi connectivity index (χ4n) is 3.46. The zero-order chi connectivity index (χ0) is 22.8. The van der Waals surface area contributed by atoms with E-state index < -0.39 is 29.4 Å². The normalized spacial score (nSPS) is 12.5. The Kier molecular flexibility index (Phi) is 5.43. The molecule has 0 radical (unpaired) electrons. The summed E-state index contributed by atoms with van der Waals surface area (Å²) in [5, 5.41) is 12.8. The van der Waals surface area contributed by atoms with E-state index in [0.717, 1.165) is 10.5 Å². The SMILES string of the molecule is COC(=O)c1cccc(NC(=O)c2ccc3c(c2)C(=O)N(Cc2ccccc2)C3=O)c1O. The predicted octanol–water partition coefficient (Wildman–Crippen LogP) is 3.23. The van der Waals surface area contributed by atoms with Gasteiger partial charge in [0.05, 0.1) is 30.5 Å². The van der Waals surface area contributed by atoms with Crippen molar-refractivity contribution < 1.29 is 29.0 Å². The van der Waals surface area contributed by atoms with Crippen molar-refractivity contribution in [2.24, 2.45) is 0 Å². The molecule has 3 aromatic rings. The van der Waals surface area contributed by atoms with Gasteiger partial charge in [-0.1, -0.05) is 36.4 Å². The first-order valence-corrected chi connectivity index (χ1v) is 9.66. The maximum Gasteiger partial charge on any atom is 0.341 e. The second-order valence-corrected chi connectivity index (χ2v) is 7.09. The van der Waals surface area contributed by atoms with Crippen molar-refractivity contribution in [2.45, 2.75) is 6.54 Å². The van der Waals surface area contributed by atoms with Gasteiger partial charge in [-0.15, -0.1) is 0 Å². The summed E-state index contributed by atoms with van der Waals surface area (Å²) < 4.78 is 4.60. The number of para-hydroxylation sites is 1. The molecule has 3 amide bonds. The maximum absolute atomic E-state index is 12.8. The Balaban J connectivity index is 1.57. The number of anilines is 1. The van der Waals surface area contributed by atoms with Crippen LogP contribution in [-0.4, -0.2) is 40.8 Å². The lowest BCUT2D eigenvalue weighted by Gasteiger charge is -2.13. The summed E-state index contributed by atoms with van der Waals surface area (Å²) in [6.07, 6.45) is 0. The number of carbonyl (C=O) groups excluding carboxylic acids is 4. The van der Waals surface area contributed by atoms with Gasteiger partial charge in [-0.25, -0.2) is 4.79 Å². The Bertz CT molecular complexity index is 1250. The van der Waals surface area contributed by atoms with Gasteiger partial charge in [0.2, 0.25) is 0 Å². The fourth-order valence-corrected chi connectivity index (χ4v) is 3.46. The molecule has 0 saturated carbocycles. The molecular formula is C24H18N2O6.